The molecule has 0 unspecified atom stereocenters. The molecule has 0 fully saturated rings. The van der Waals surface area contributed by atoms with E-state index in [1.807, 2.05) is 42.8 Å². The summed E-state index contributed by atoms with van der Waals surface area (Å²) >= 11 is 0. The van der Waals surface area contributed by atoms with Gasteiger partial charge in [-0.2, -0.15) is 0 Å². The van der Waals surface area contributed by atoms with Crippen molar-refractivity contribution in [3.05, 3.63) is 59.2 Å². The maximum Gasteiger partial charge on any atom is 0.263 e. The van der Waals surface area contributed by atoms with Crippen molar-refractivity contribution >= 4 is 22.7 Å². The van der Waals surface area contributed by atoms with Crippen molar-refractivity contribution < 1.29 is 9.59 Å². The van der Waals surface area contributed by atoms with Gasteiger partial charge in [0.1, 0.15) is 0 Å². The van der Waals surface area contributed by atoms with Crippen molar-refractivity contribution in [3.63, 3.8) is 0 Å². The van der Waals surface area contributed by atoms with E-state index in [4.69, 9.17) is 0 Å². The Morgan fingerprint density at radius 2 is 1.84 bits per heavy atom. The van der Waals surface area contributed by atoms with Crippen LogP contribution in [0.3, 0.4) is 0 Å². The summed E-state index contributed by atoms with van der Waals surface area (Å²) in [5, 5.41) is 1.11. The molecule has 0 bridgehead atoms. The van der Waals surface area contributed by atoms with Crippen LogP contribution < -0.4 is 0 Å². The van der Waals surface area contributed by atoms with Gasteiger partial charge in [0.2, 0.25) is 5.91 Å². The molecule has 0 radical (unpaired) electrons. The summed E-state index contributed by atoms with van der Waals surface area (Å²) in [5.41, 5.74) is 5.97. The molecular weight excluding hydrogens is 312 g/mol. The fraction of sp³-hybridized carbons (Fsp3) is 0.238. The number of fused-ring (bicyclic) bond motifs is 5. The lowest BCUT2D eigenvalue weighted by Crippen LogP contribution is -2.26. The molecule has 2 aromatic carbocycles. The molecule has 0 atom stereocenters. The Labute approximate surface area is 146 Å². The molecule has 4 nitrogen and oxygen atoms in total. The number of carbonyl (C=O) groups is 2. The van der Waals surface area contributed by atoms with Crippen LogP contribution in [0.15, 0.2) is 42.5 Å². The molecule has 0 saturated carbocycles. The van der Waals surface area contributed by atoms with Gasteiger partial charge in [0.15, 0.2) is 0 Å². The van der Waals surface area contributed by atoms with E-state index in [1.54, 1.807) is 11.8 Å². The fourth-order valence-electron chi connectivity index (χ4n) is 3.62. The maximum absolute atomic E-state index is 12.9. The summed E-state index contributed by atoms with van der Waals surface area (Å²) in [4.78, 5) is 26.1. The number of rotatable bonds is 3. The summed E-state index contributed by atoms with van der Waals surface area (Å²) in [6.45, 7) is 4.28. The number of benzene rings is 2. The van der Waals surface area contributed by atoms with E-state index in [1.165, 1.54) is 5.56 Å². The van der Waals surface area contributed by atoms with Crippen LogP contribution in [-0.4, -0.2) is 34.9 Å². The second kappa shape index (κ2) is 5.59. The molecule has 0 spiro atoms. The van der Waals surface area contributed by atoms with Crippen molar-refractivity contribution in [2.45, 2.75) is 20.3 Å². The molecule has 126 valence electrons. The van der Waals surface area contributed by atoms with Gasteiger partial charge in [-0.1, -0.05) is 30.3 Å². The zero-order valence-electron chi connectivity index (χ0n) is 14.7. The molecule has 25 heavy (non-hydrogen) atoms. The average molecular weight is 332 g/mol. The number of hydrogen-bond donors (Lipinski definition) is 0. The minimum Gasteiger partial charge on any atom is -0.346 e. The van der Waals surface area contributed by atoms with Gasteiger partial charge in [-0.05, 0) is 36.6 Å². The zero-order valence-corrected chi connectivity index (χ0v) is 14.7. The highest BCUT2D eigenvalue weighted by Gasteiger charge is 2.29. The number of likely N-dealkylation sites (N-methyl/N-ethyl adjacent to an activating group) is 1. The Kier molecular flexibility index (Phi) is 3.49. The molecule has 1 aromatic heterocycles. The first-order valence-corrected chi connectivity index (χ1v) is 8.49. The zero-order chi connectivity index (χ0) is 17.7. The molecule has 3 aromatic rings. The molecule has 1 amide bonds. The Balaban J connectivity index is 1.86. The van der Waals surface area contributed by atoms with Gasteiger partial charge in [0.25, 0.3) is 5.91 Å². The molecular formula is C21H20N2O2. The third-order valence-electron chi connectivity index (χ3n) is 5.15. The van der Waals surface area contributed by atoms with Gasteiger partial charge in [-0.15, -0.1) is 0 Å². The number of hydrogen-bond acceptors (Lipinski definition) is 2. The first kappa shape index (κ1) is 15.6. The summed E-state index contributed by atoms with van der Waals surface area (Å²) in [6.07, 6.45) is 0.770. The van der Waals surface area contributed by atoms with Crippen LogP contribution in [-0.2, 0) is 11.2 Å². The lowest BCUT2D eigenvalue weighted by molar-refractivity contribution is -0.127. The second-order valence-electron chi connectivity index (χ2n) is 6.71. The molecule has 0 saturated heterocycles. The molecule has 0 N–H and O–H groups in total. The van der Waals surface area contributed by atoms with E-state index in [0.717, 1.165) is 39.7 Å². The predicted molar refractivity (Wildman–Crippen MR) is 98.9 cm³/mol. The van der Waals surface area contributed by atoms with E-state index >= 15 is 0 Å². The normalized spacial score (nSPS) is 12.4. The van der Waals surface area contributed by atoms with Crippen molar-refractivity contribution in [2.24, 2.45) is 0 Å². The lowest BCUT2D eigenvalue weighted by atomic mass is 10.0. The summed E-state index contributed by atoms with van der Waals surface area (Å²) in [6, 6.07) is 14.1. The second-order valence-corrected chi connectivity index (χ2v) is 6.71. The first-order valence-electron chi connectivity index (χ1n) is 8.49. The smallest absolute Gasteiger partial charge is 0.263 e. The van der Waals surface area contributed by atoms with Crippen molar-refractivity contribution in [3.8, 4) is 11.3 Å². The fourth-order valence-corrected chi connectivity index (χ4v) is 3.62. The SMILES string of the molecule is CC(=O)N(C)CCc1ccc(C)c2c1cc1n2C(=O)c2ccccc2-1. The third-order valence-corrected chi connectivity index (χ3v) is 5.15. The summed E-state index contributed by atoms with van der Waals surface area (Å²) < 4.78 is 1.84. The third kappa shape index (κ3) is 2.29. The number of carbonyl (C=O) groups excluding carboxylic acids is 2. The summed E-state index contributed by atoms with van der Waals surface area (Å²) in [7, 11) is 1.81. The van der Waals surface area contributed by atoms with E-state index in [0.29, 0.717) is 6.54 Å². The van der Waals surface area contributed by atoms with E-state index in [9.17, 15) is 9.59 Å². The number of aryl methyl sites for hydroxylation is 1. The van der Waals surface area contributed by atoms with Crippen molar-refractivity contribution in [2.75, 3.05) is 13.6 Å². The lowest BCUT2D eigenvalue weighted by Gasteiger charge is -2.15. The van der Waals surface area contributed by atoms with Crippen LogP contribution in [0, 0.1) is 6.92 Å². The number of aromatic nitrogens is 1. The molecule has 2 heterocycles. The van der Waals surface area contributed by atoms with Crippen LogP contribution in [0.25, 0.3) is 22.2 Å². The Morgan fingerprint density at radius 1 is 1.12 bits per heavy atom. The largest absolute Gasteiger partial charge is 0.346 e. The van der Waals surface area contributed by atoms with Gasteiger partial charge in [-0.25, -0.2) is 0 Å². The highest BCUT2D eigenvalue weighted by atomic mass is 16.2. The van der Waals surface area contributed by atoms with Gasteiger partial charge in [0, 0.05) is 37.0 Å². The van der Waals surface area contributed by atoms with Gasteiger partial charge in [-0.3, -0.25) is 14.2 Å². The summed E-state index contributed by atoms with van der Waals surface area (Å²) in [5.74, 6) is 0.105. The Morgan fingerprint density at radius 3 is 2.56 bits per heavy atom. The predicted octanol–water partition coefficient (Wildman–Crippen LogP) is 3.64. The van der Waals surface area contributed by atoms with Crippen LogP contribution in [0.2, 0.25) is 0 Å². The quantitative estimate of drug-likeness (QED) is 0.575. The van der Waals surface area contributed by atoms with Gasteiger partial charge in [0.05, 0.1) is 11.2 Å². The van der Waals surface area contributed by atoms with Crippen LogP contribution in [0.1, 0.15) is 28.4 Å². The molecule has 1 aliphatic heterocycles. The molecule has 4 heteroatoms. The number of amides is 1. The standard InChI is InChI=1S/C21H20N2O2/c1-13-8-9-15(10-11-22(3)14(2)24)18-12-19-16-6-4-5-7-17(16)21(25)23(19)20(13)18/h4-9,12H,10-11H2,1-3H3. The Hall–Kier alpha value is -2.88. The van der Waals surface area contributed by atoms with Crippen LogP contribution >= 0.6 is 0 Å². The minimum absolute atomic E-state index is 0.0432. The van der Waals surface area contributed by atoms with E-state index in [-0.39, 0.29) is 11.8 Å². The minimum atomic E-state index is 0.0432. The number of nitrogens with zero attached hydrogens (tertiary/aromatic N) is 2. The highest BCUT2D eigenvalue weighted by molar-refractivity contribution is 6.15. The monoisotopic (exact) mass is 332 g/mol. The highest BCUT2D eigenvalue weighted by Crippen LogP contribution is 2.39. The first-order chi connectivity index (χ1) is 12.0. The van der Waals surface area contributed by atoms with Gasteiger partial charge < -0.3 is 4.90 Å². The molecule has 0 aliphatic carbocycles. The van der Waals surface area contributed by atoms with Crippen molar-refractivity contribution in [1.29, 1.82) is 0 Å². The van der Waals surface area contributed by atoms with E-state index in [2.05, 4.69) is 18.2 Å². The molecule has 1 aliphatic rings. The Bertz CT molecular complexity index is 1030. The van der Waals surface area contributed by atoms with Crippen molar-refractivity contribution in [1.82, 2.24) is 9.47 Å². The maximum atomic E-state index is 12.9. The van der Waals surface area contributed by atoms with E-state index < -0.39 is 0 Å². The topological polar surface area (TPSA) is 42.3 Å². The van der Waals surface area contributed by atoms with Crippen LogP contribution in [0.5, 0.6) is 0 Å². The average Bonchev–Trinajstić information content (AvgIpc) is 3.12. The molecule has 4 rings (SSSR count). The van der Waals surface area contributed by atoms with Gasteiger partial charge >= 0.3 is 0 Å². The van der Waals surface area contributed by atoms with Crippen LogP contribution in [0.4, 0.5) is 0 Å².